The first-order valence-corrected chi connectivity index (χ1v) is 8.60. The van der Waals surface area contributed by atoms with E-state index in [4.69, 9.17) is 4.52 Å². The summed E-state index contributed by atoms with van der Waals surface area (Å²) in [6.07, 6.45) is 1.63. The zero-order chi connectivity index (χ0) is 19.0. The summed E-state index contributed by atoms with van der Waals surface area (Å²) >= 11 is 0. The van der Waals surface area contributed by atoms with Crippen LogP contribution in [0.3, 0.4) is 0 Å². The zero-order valence-corrected chi connectivity index (χ0v) is 15.3. The van der Waals surface area contributed by atoms with Crippen molar-refractivity contribution in [2.24, 2.45) is 0 Å². The van der Waals surface area contributed by atoms with Gasteiger partial charge in [0.15, 0.2) is 5.69 Å². The van der Waals surface area contributed by atoms with E-state index in [1.165, 1.54) is 11.6 Å². The van der Waals surface area contributed by atoms with Gasteiger partial charge in [-0.2, -0.15) is 10.1 Å². The average molecular weight is 358 g/mol. The van der Waals surface area contributed by atoms with E-state index in [0.717, 1.165) is 22.4 Å². The van der Waals surface area contributed by atoms with Gasteiger partial charge < -0.3 is 4.52 Å². The summed E-state index contributed by atoms with van der Waals surface area (Å²) < 4.78 is 6.98. The molecule has 0 atom stereocenters. The van der Waals surface area contributed by atoms with Crippen LogP contribution in [0, 0.1) is 20.8 Å². The van der Waals surface area contributed by atoms with Crippen LogP contribution in [0.15, 0.2) is 64.0 Å². The molecule has 0 aliphatic carbocycles. The lowest BCUT2D eigenvalue weighted by Gasteiger charge is -2.08. The van der Waals surface area contributed by atoms with Crippen LogP contribution < -0.4 is 5.43 Å². The third-order valence-corrected chi connectivity index (χ3v) is 4.58. The van der Waals surface area contributed by atoms with E-state index in [-0.39, 0.29) is 17.0 Å². The first kappa shape index (κ1) is 16.9. The van der Waals surface area contributed by atoms with Gasteiger partial charge in [0, 0.05) is 17.8 Å². The van der Waals surface area contributed by atoms with E-state index in [0.29, 0.717) is 5.82 Å². The fourth-order valence-electron chi connectivity index (χ4n) is 2.82. The first-order chi connectivity index (χ1) is 13.0. The molecule has 4 aromatic rings. The Kier molecular flexibility index (Phi) is 4.16. The minimum absolute atomic E-state index is 0.108. The molecule has 0 unspecified atom stereocenters. The molecule has 6 heteroatoms. The zero-order valence-electron chi connectivity index (χ0n) is 15.3. The predicted molar refractivity (Wildman–Crippen MR) is 103 cm³/mol. The Morgan fingerprint density at radius 2 is 1.74 bits per heavy atom. The molecule has 0 aliphatic heterocycles. The van der Waals surface area contributed by atoms with Crippen LogP contribution in [0.1, 0.15) is 16.7 Å². The second-order valence-electron chi connectivity index (χ2n) is 6.48. The van der Waals surface area contributed by atoms with E-state index >= 15 is 0 Å². The van der Waals surface area contributed by atoms with Crippen LogP contribution in [0.25, 0.3) is 28.7 Å². The van der Waals surface area contributed by atoms with Crippen molar-refractivity contribution in [1.29, 1.82) is 0 Å². The van der Waals surface area contributed by atoms with Gasteiger partial charge in [-0.05, 0) is 49.6 Å². The monoisotopic (exact) mass is 358 g/mol. The molecule has 27 heavy (non-hydrogen) atoms. The van der Waals surface area contributed by atoms with Crippen LogP contribution >= 0.6 is 0 Å². The first-order valence-electron chi connectivity index (χ1n) is 8.60. The molecule has 4 rings (SSSR count). The lowest BCUT2D eigenvalue weighted by Crippen LogP contribution is -2.12. The van der Waals surface area contributed by atoms with Gasteiger partial charge in [-0.15, -0.1) is 0 Å². The van der Waals surface area contributed by atoms with Gasteiger partial charge in [0.25, 0.3) is 5.89 Å². The highest BCUT2D eigenvalue weighted by atomic mass is 16.5. The third kappa shape index (κ3) is 3.17. The summed E-state index contributed by atoms with van der Waals surface area (Å²) in [5, 5.41) is 8.44. The predicted octanol–water partition coefficient (Wildman–Crippen LogP) is 3.87. The van der Waals surface area contributed by atoms with Crippen molar-refractivity contribution < 1.29 is 4.52 Å². The average Bonchev–Trinajstić information content (AvgIpc) is 3.14. The summed E-state index contributed by atoms with van der Waals surface area (Å²) in [6, 6.07) is 15.2. The maximum atomic E-state index is 12.3. The molecular weight excluding hydrogens is 340 g/mol. The van der Waals surface area contributed by atoms with Crippen molar-refractivity contribution in [2.45, 2.75) is 20.8 Å². The summed E-state index contributed by atoms with van der Waals surface area (Å²) in [6.45, 7) is 6.06. The maximum Gasteiger partial charge on any atom is 0.282 e. The lowest BCUT2D eigenvalue weighted by atomic mass is 10.1. The van der Waals surface area contributed by atoms with Gasteiger partial charge in [-0.3, -0.25) is 4.79 Å². The SMILES string of the molecule is Cc1ccc(-n2ccc(=O)c(-c3nc(-c4ccccc4C)no3)n2)cc1C. The molecule has 0 bridgehead atoms. The quantitative estimate of drug-likeness (QED) is 0.556. The van der Waals surface area contributed by atoms with E-state index < -0.39 is 0 Å². The molecule has 2 aromatic heterocycles. The van der Waals surface area contributed by atoms with Crippen molar-refractivity contribution in [2.75, 3.05) is 0 Å². The molecule has 134 valence electrons. The second-order valence-corrected chi connectivity index (χ2v) is 6.48. The number of aromatic nitrogens is 4. The van der Waals surface area contributed by atoms with E-state index in [9.17, 15) is 4.79 Å². The van der Waals surface area contributed by atoms with Crippen molar-refractivity contribution in [3.63, 3.8) is 0 Å². The molecule has 2 heterocycles. The summed E-state index contributed by atoms with van der Waals surface area (Å²) in [4.78, 5) is 16.7. The molecule has 6 nitrogen and oxygen atoms in total. The normalized spacial score (nSPS) is 10.9. The number of hydrogen-bond acceptors (Lipinski definition) is 5. The molecule has 0 amide bonds. The highest BCUT2D eigenvalue weighted by Crippen LogP contribution is 2.22. The molecule has 0 radical (unpaired) electrons. The van der Waals surface area contributed by atoms with Gasteiger partial charge in [0.05, 0.1) is 5.69 Å². The smallest absolute Gasteiger partial charge is 0.282 e. The number of benzene rings is 2. The van der Waals surface area contributed by atoms with Crippen molar-refractivity contribution in [3.05, 3.63) is 81.6 Å². The van der Waals surface area contributed by atoms with Crippen LogP contribution in [0.4, 0.5) is 0 Å². The standard InChI is InChI=1S/C21H18N4O2/c1-13-8-9-16(12-15(13)3)25-11-10-18(26)19(23-25)21-22-20(24-27-21)17-7-5-4-6-14(17)2/h4-12H,1-3H3. The Morgan fingerprint density at radius 3 is 2.52 bits per heavy atom. The molecule has 2 aromatic carbocycles. The molecule has 0 aliphatic rings. The van der Waals surface area contributed by atoms with E-state index in [1.807, 2.05) is 56.3 Å². The van der Waals surface area contributed by atoms with Gasteiger partial charge in [0.2, 0.25) is 11.3 Å². The van der Waals surface area contributed by atoms with Gasteiger partial charge >= 0.3 is 0 Å². The fourth-order valence-corrected chi connectivity index (χ4v) is 2.82. The maximum absolute atomic E-state index is 12.3. The summed E-state index contributed by atoms with van der Waals surface area (Å²) in [5.74, 6) is 0.544. The Balaban J connectivity index is 1.78. The van der Waals surface area contributed by atoms with E-state index in [1.54, 1.807) is 10.9 Å². The molecule has 0 spiro atoms. The molecule has 0 saturated heterocycles. The molecule has 0 fully saturated rings. The van der Waals surface area contributed by atoms with Gasteiger partial charge in [0.1, 0.15) is 0 Å². The third-order valence-electron chi connectivity index (χ3n) is 4.58. The van der Waals surface area contributed by atoms with Crippen molar-refractivity contribution >= 4 is 0 Å². The Labute approximate surface area is 156 Å². The van der Waals surface area contributed by atoms with Gasteiger partial charge in [-0.1, -0.05) is 35.5 Å². The minimum atomic E-state index is -0.268. The number of nitrogens with zero attached hydrogens (tertiary/aromatic N) is 4. The van der Waals surface area contributed by atoms with Crippen LogP contribution in [-0.2, 0) is 0 Å². The Hall–Kier alpha value is -3.54. The summed E-state index contributed by atoms with van der Waals surface area (Å²) in [5.41, 5.74) is 4.95. The lowest BCUT2D eigenvalue weighted by molar-refractivity contribution is 0.429. The number of rotatable bonds is 3. The minimum Gasteiger partial charge on any atom is -0.332 e. The summed E-state index contributed by atoms with van der Waals surface area (Å²) in [7, 11) is 0. The fraction of sp³-hybridized carbons (Fsp3) is 0.143. The highest BCUT2D eigenvalue weighted by Gasteiger charge is 2.17. The Bertz CT molecular complexity index is 1190. The van der Waals surface area contributed by atoms with Crippen LogP contribution in [-0.4, -0.2) is 19.9 Å². The largest absolute Gasteiger partial charge is 0.332 e. The van der Waals surface area contributed by atoms with Crippen LogP contribution in [0.2, 0.25) is 0 Å². The molecule has 0 saturated carbocycles. The number of hydrogen-bond donors (Lipinski definition) is 0. The van der Waals surface area contributed by atoms with Crippen molar-refractivity contribution in [3.8, 4) is 28.7 Å². The molecular formula is C21H18N4O2. The van der Waals surface area contributed by atoms with E-state index in [2.05, 4.69) is 22.2 Å². The topological polar surface area (TPSA) is 73.8 Å². The Morgan fingerprint density at radius 1 is 0.926 bits per heavy atom. The van der Waals surface area contributed by atoms with Crippen molar-refractivity contribution in [1.82, 2.24) is 19.9 Å². The van der Waals surface area contributed by atoms with Crippen LogP contribution in [0.5, 0.6) is 0 Å². The number of aryl methyl sites for hydroxylation is 3. The second kappa shape index (κ2) is 6.64. The molecule has 0 N–H and O–H groups in total. The van der Waals surface area contributed by atoms with Gasteiger partial charge in [-0.25, -0.2) is 4.68 Å². The highest BCUT2D eigenvalue weighted by molar-refractivity contribution is 5.61.